The van der Waals surface area contributed by atoms with E-state index in [4.69, 9.17) is 10.5 Å². The zero-order valence-corrected chi connectivity index (χ0v) is 12.2. The summed E-state index contributed by atoms with van der Waals surface area (Å²) in [5.74, 6) is -0.380. The summed E-state index contributed by atoms with van der Waals surface area (Å²) in [5, 5.41) is 3.31. The number of esters is 1. The summed E-state index contributed by atoms with van der Waals surface area (Å²) in [5.41, 5.74) is 8.51. The Kier molecular flexibility index (Phi) is 4.77. The summed E-state index contributed by atoms with van der Waals surface area (Å²) in [6.45, 7) is 4.12. The fourth-order valence-electron chi connectivity index (χ4n) is 2.03. The SMILES string of the molecule is CCOC(=O)c1cc(N)ccc1NC(C)c1ccncc1. The topological polar surface area (TPSA) is 77.2 Å². The number of nitrogens with zero attached hydrogens (tertiary/aromatic N) is 1. The second-order valence-electron chi connectivity index (χ2n) is 4.67. The molecule has 0 fully saturated rings. The van der Waals surface area contributed by atoms with Gasteiger partial charge in [-0.3, -0.25) is 4.98 Å². The number of ether oxygens (including phenoxy) is 1. The summed E-state index contributed by atoms with van der Waals surface area (Å²) < 4.78 is 5.07. The van der Waals surface area contributed by atoms with Crippen LogP contribution in [0.4, 0.5) is 11.4 Å². The third-order valence-electron chi connectivity index (χ3n) is 3.12. The first-order chi connectivity index (χ1) is 10.1. The van der Waals surface area contributed by atoms with Gasteiger partial charge >= 0.3 is 5.97 Å². The summed E-state index contributed by atoms with van der Waals surface area (Å²) in [4.78, 5) is 16.0. The average Bonchev–Trinajstić information content (AvgIpc) is 2.50. The number of aromatic nitrogens is 1. The number of nitrogens with one attached hydrogen (secondary N) is 1. The van der Waals surface area contributed by atoms with E-state index in [1.54, 1.807) is 37.5 Å². The Morgan fingerprint density at radius 3 is 2.71 bits per heavy atom. The van der Waals surface area contributed by atoms with Crippen LogP contribution < -0.4 is 11.1 Å². The molecule has 0 radical (unpaired) electrons. The number of anilines is 2. The van der Waals surface area contributed by atoms with E-state index in [9.17, 15) is 4.79 Å². The molecule has 5 nitrogen and oxygen atoms in total. The largest absolute Gasteiger partial charge is 0.462 e. The Balaban J connectivity index is 2.25. The van der Waals surface area contributed by atoms with Crippen molar-refractivity contribution in [3.8, 4) is 0 Å². The van der Waals surface area contributed by atoms with Gasteiger partial charge in [0.25, 0.3) is 0 Å². The fourth-order valence-corrected chi connectivity index (χ4v) is 2.03. The molecule has 1 unspecified atom stereocenters. The van der Waals surface area contributed by atoms with Gasteiger partial charge in [0, 0.05) is 29.8 Å². The summed E-state index contributed by atoms with van der Waals surface area (Å²) in [6.07, 6.45) is 3.48. The molecule has 0 amide bonds. The lowest BCUT2D eigenvalue weighted by Gasteiger charge is -2.18. The number of hydrogen-bond donors (Lipinski definition) is 2. The summed E-state index contributed by atoms with van der Waals surface area (Å²) >= 11 is 0. The number of hydrogen-bond acceptors (Lipinski definition) is 5. The van der Waals surface area contributed by atoms with Crippen LogP contribution in [0.25, 0.3) is 0 Å². The highest BCUT2D eigenvalue weighted by atomic mass is 16.5. The first-order valence-electron chi connectivity index (χ1n) is 6.85. The zero-order chi connectivity index (χ0) is 15.2. The van der Waals surface area contributed by atoms with Gasteiger partial charge in [0.15, 0.2) is 0 Å². The molecule has 5 heteroatoms. The first-order valence-corrected chi connectivity index (χ1v) is 6.85. The smallest absolute Gasteiger partial charge is 0.340 e. The molecule has 0 saturated heterocycles. The van der Waals surface area contributed by atoms with Crippen LogP contribution in [0, 0.1) is 0 Å². The maximum absolute atomic E-state index is 12.0. The standard InChI is InChI=1S/C16H19N3O2/c1-3-21-16(20)14-10-13(17)4-5-15(14)19-11(2)12-6-8-18-9-7-12/h4-11,19H,3,17H2,1-2H3. The molecule has 110 valence electrons. The van der Waals surface area contributed by atoms with E-state index < -0.39 is 0 Å². The molecule has 0 aliphatic heterocycles. The Hall–Kier alpha value is -2.56. The van der Waals surface area contributed by atoms with Crippen molar-refractivity contribution in [2.24, 2.45) is 0 Å². The normalized spacial score (nSPS) is 11.7. The van der Waals surface area contributed by atoms with E-state index in [1.165, 1.54) is 0 Å². The number of nitrogens with two attached hydrogens (primary N) is 1. The Bertz CT molecular complexity index is 614. The Labute approximate surface area is 124 Å². The van der Waals surface area contributed by atoms with E-state index >= 15 is 0 Å². The third kappa shape index (κ3) is 3.72. The monoisotopic (exact) mass is 285 g/mol. The number of benzene rings is 1. The molecule has 0 spiro atoms. The minimum Gasteiger partial charge on any atom is -0.462 e. The second kappa shape index (κ2) is 6.74. The number of rotatable bonds is 5. The fraction of sp³-hybridized carbons (Fsp3) is 0.250. The van der Waals surface area contributed by atoms with Crippen molar-refractivity contribution in [3.63, 3.8) is 0 Å². The predicted octanol–water partition coefficient (Wildman–Crippen LogP) is 3.01. The molecule has 1 aromatic carbocycles. The molecule has 0 saturated carbocycles. The van der Waals surface area contributed by atoms with Gasteiger partial charge in [0.1, 0.15) is 0 Å². The number of nitrogen functional groups attached to an aromatic ring is 1. The van der Waals surface area contributed by atoms with Gasteiger partial charge in [-0.25, -0.2) is 4.79 Å². The molecule has 1 atom stereocenters. The van der Waals surface area contributed by atoms with E-state index in [2.05, 4.69) is 10.3 Å². The van der Waals surface area contributed by atoms with Crippen LogP contribution in [0.15, 0.2) is 42.7 Å². The van der Waals surface area contributed by atoms with Crippen LogP contribution in [0.2, 0.25) is 0 Å². The highest BCUT2D eigenvalue weighted by Crippen LogP contribution is 2.24. The molecular weight excluding hydrogens is 266 g/mol. The number of carbonyl (C=O) groups excluding carboxylic acids is 1. The van der Waals surface area contributed by atoms with Crippen molar-refractivity contribution in [1.82, 2.24) is 4.98 Å². The Morgan fingerprint density at radius 1 is 1.33 bits per heavy atom. The van der Waals surface area contributed by atoms with Crippen molar-refractivity contribution in [2.45, 2.75) is 19.9 Å². The zero-order valence-electron chi connectivity index (χ0n) is 12.2. The van der Waals surface area contributed by atoms with Gasteiger partial charge in [0.05, 0.1) is 12.2 Å². The highest BCUT2D eigenvalue weighted by molar-refractivity contribution is 5.96. The van der Waals surface area contributed by atoms with Crippen LogP contribution in [0.1, 0.15) is 35.8 Å². The lowest BCUT2D eigenvalue weighted by molar-refractivity contribution is 0.0527. The number of carbonyl (C=O) groups is 1. The maximum atomic E-state index is 12.0. The van der Waals surface area contributed by atoms with Crippen molar-refractivity contribution >= 4 is 17.3 Å². The van der Waals surface area contributed by atoms with Crippen molar-refractivity contribution in [3.05, 3.63) is 53.9 Å². The lowest BCUT2D eigenvalue weighted by Crippen LogP contribution is -2.13. The highest BCUT2D eigenvalue weighted by Gasteiger charge is 2.15. The van der Waals surface area contributed by atoms with Gasteiger partial charge in [-0.05, 0) is 49.7 Å². The van der Waals surface area contributed by atoms with E-state index in [0.717, 1.165) is 5.56 Å². The van der Waals surface area contributed by atoms with Crippen molar-refractivity contribution < 1.29 is 9.53 Å². The quantitative estimate of drug-likeness (QED) is 0.652. The van der Waals surface area contributed by atoms with Crippen molar-refractivity contribution in [1.29, 1.82) is 0 Å². The van der Waals surface area contributed by atoms with Crippen LogP contribution in [0.3, 0.4) is 0 Å². The minimum atomic E-state index is -0.380. The van der Waals surface area contributed by atoms with Crippen LogP contribution in [-0.4, -0.2) is 17.6 Å². The van der Waals surface area contributed by atoms with Crippen LogP contribution >= 0.6 is 0 Å². The third-order valence-corrected chi connectivity index (χ3v) is 3.12. The van der Waals surface area contributed by atoms with Gasteiger partial charge in [-0.2, -0.15) is 0 Å². The van der Waals surface area contributed by atoms with E-state index in [0.29, 0.717) is 23.5 Å². The van der Waals surface area contributed by atoms with Gasteiger partial charge in [0.2, 0.25) is 0 Å². The average molecular weight is 285 g/mol. The molecule has 1 heterocycles. The molecular formula is C16H19N3O2. The molecule has 2 aromatic rings. The molecule has 0 aliphatic carbocycles. The molecule has 21 heavy (non-hydrogen) atoms. The molecule has 3 N–H and O–H groups in total. The molecule has 0 aliphatic rings. The minimum absolute atomic E-state index is 0.0322. The first kappa shape index (κ1) is 14.8. The summed E-state index contributed by atoms with van der Waals surface area (Å²) in [6, 6.07) is 9.06. The van der Waals surface area contributed by atoms with Gasteiger partial charge in [-0.15, -0.1) is 0 Å². The van der Waals surface area contributed by atoms with Gasteiger partial charge in [-0.1, -0.05) is 0 Å². The van der Waals surface area contributed by atoms with Crippen LogP contribution in [-0.2, 0) is 4.74 Å². The van der Waals surface area contributed by atoms with Crippen molar-refractivity contribution in [2.75, 3.05) is 17.7 Å². The van der Waals surface area contributed by atoms with E-state index in [1.807, 2.05) is 19.1 Å². The summed E-state index contributed by atoms with van der Waals surface area (Å²) in [7, 11) is 0. The maximum Gasteiger partial charge on any atom is 0.340 e. The molecule has 2 rings (SSSR count). The van der Waals surface area contributed by atoms with Crippen LogP contribution in [0.5, 0.6) is 0 Å². The molecule has 0 bridgehead atoms. The number of pyridine rings is 1. The lowest BCUT2D eigenvalue weighted by atomic mass is 10.1. The Morgan fingerprint density at radius 2 is 2.05 bits per heavy atom. The molecule has 1 aromatic heterocycles. The van der Waals surface area contributed by atoms with Gasteiger partial charge < -0.3 is 15.8 Å². The predicted molar refractivity (Wildman–Crippen MR) is 83.1 cm³/mol. The second-order valence-corrected chi connectivity index (χ2v) is 4.67. The van der Waals surface area contributed by atoms with E-state index in [-0.39, 0.29) is 12.0 Å².